The van der Waals surface area contributed by atoms with Crippen molar-refractivity contribution >= 4 is 15.9 Å². The predicted octanol–water partition coefficient (Wildman–Crippen LogP) is 4.60. The molecule has 0 spiro atoms. The van der Waals surface area contributed by atoms with E-state index in [4.69, 9.17) is 18.9 Å². The maximum absolute atomic E-state index is 5.50. The molecule has 1 heterocycles. The molecule has 27 heavy (non-hydrogen) atoms. The van der Waals surface area contributed by atoms with Gasteiger partial charge in [-0.15, -0.1) is 0 Å². The highest BCUT2D eigenvalue weighted by molar-refractivity contribution is 9.10. The van der Waals surface area contributed by atoms with Crippen molar-refractivity contribution in [1.29, 1.82) is 0 Å². The van der Waals surface area contributed by atoms with Crippen molar-refractivity contribution in [3.8, 4) is 23.0 Å². The Morgan fingerprint density at radius 2 is 1.59 bits per heavy atom. The Hall–Kier alpha value is -1.92. The summed E-state index contributed by atoms with van der Waals surface area (Å²) in [4.78, 5) is 2.46. The Balaban J connectivity index is 1.87. The number of halogens is 1. The van der Waals surface area contributed by atoms with E-state index >= 15 is 0 Å². The summed E-state index contributed by atoms with van der Waals surface area (Å²) in [7, 11) is 6.66. The molecular weight excluding hydrogens is 410 g/mol. The summed E-state index contributed by atoms with van der Waals surface area (Å²) in [6.45, 7) is 4.04. The monoisotopic (exact) mass is 435 g/mol. The summed E-state index contributed by atoms with van der Waals surface area (Å²) in [5.41, 5.74) is 3.79. The van der Waals surface area contributed by atoms with Gasteiger partial charge in [-0.25, -0.2) is 0 Å². The summed E-state index contributed by atoms with van der Waals surface area (Å²) >= 11 is 3.59. The minimum Gasteiger partial charge on any atom is -0.493 e. The van der Waals surface area contributed by atoms with Crippen LogP contribution in [0.3, 0.4) is 0 Å². The molecule has 1 aliphatic rings. The van der Waals surface area contributed by atoms with Gasteiger partial charge in [-0.3, -0.25) is 4.90 Å². The molecule has 0 N–H and O–H groups in total. The third-order valence-corrected chi connectivity index (χ3v) is 5.78. The molecule has 5 nitrogen and oxygen atoms in total. The standard InChI is InChI=1S/C21H26BrNO4/c1-13-16-11-19(25-3)18(24-2)10-15(16)6-7-23(13)12-14-8-17(22)21(27-5)20(9-14)26-4/h8-11,13H,6-7,12H2,1-5H3. The van der Waals surface area contributed by atoms with E-state index < -0.39 is 0 Å². The Morgan fingerprint density at radius 1 is 0.926 bits per heavy atom. The lowest BCUT2D eigenvalue weighted by Crippen LogP contribution is -2.33. The largest absolute Gasteiger partial charge is 0.493 e. The minimum absolute atomic E-state index is 0.278. The highest BCUT2D eigenvalue weighted by Crippen LogP contribution is 2.40. The minimum atomic E-state index is 0.278. The third-order valence-electron chi connectivity index (χ3n) is 5.19. The van der Waals surface area contributed by atoms with Gasteiger partial charge in [-0.1, -0.05) is 0 Å². The number of nitrogens with zero attached hydrogens (tertiary/aromatic N) is 1. The van der Waals surface area contributed by atoms with Gasteiger partial charge >= 0.3 is 0 Å². The normalized spacial score (nSPS) is 16.6. The molecule has 2 aromatic carbocycles. The summed E-state index contributed by atoms with van der Waals surface area (Å²) in [5, 5.41) is 0. The molecular formula is C21H26BrNO4. The summed E-state index contributed by atoms with van der Waals surface area (Å²) in [6, 6.07) is 8.63. The zero-order valence-electron chi connectivity index (χ0n) is 16.5. The Kier molecular flexibility index (Phi) is 6.17. The number of benzene rings is 2. The number of rotatable bonds is 6. The highest BCUT2D eigenvalue weighted by Gasteiger charge is 2.26. The average Bonchev–Trinajstić information content (AvgIpc) is 2.68. The fourth-order valence-corrected chi connectivity index (χ4v) is 4.36. The van der Waals surface area contributed by atoms with Crippen molar-refractivity contribution in [3.63, 3.8) is 0 Å². The number of fused-ring (bicyclic) bond motifs is 1. The summed E-state index contributed by atoms with van der Waals surface area (Å²) < 4.78 is 22.7. The molecule has 146 valence electrons. The Labute approximate surface area is 169 Å². The first-order valence-corrected chi connectivity index (χ1v) is 9.70. The molecule has 0 fully saturated rings. The van der Waals surface area contributed by atoms with Crippen molar-refractivity contribution in [2.45, 2.75) is 25.9 Å². The first-order valence-electron chi connectivity index (χ1n) is 8.91. The molecule has 0 bridgehead atoms. The van der Waals surface area contributed by atoms with E-state index in [0.717, 1.165) is 47.0 Å². The topological polar surface area (TPSA) is 40.2 Å². The zero-order valence-corrected chi connectivity index (χ0v) is 18.1. The fourth-order valence-electron chi connectivity index (χ4n) is 3.71. The summed E-state index contributed by atoms with van der Waals surface area (Å²) in [6.07, 6.45) is 0.981. The quantitative estimate of drug-likeness (QED) is 0.662. The van der Waals surface area contributed by atoms with E-state index in [1.807, 2.05) is 6.07 Å². The Bertz CT molecular complexity index is 824. The molecule has 0 aromatic heterocycles. The predicted molar refractivity (Wildman–Crippen MR) is 109 cm³/mol. The van der Waals surface area contributed by atoms with E-state index in [1.54, 1.807) is 28.4 Å². The molecule has 0 aliphatic carbocycles. The molecule has 1 aliphatic heterocycles. The van der Waals surface area contributed by atoms with Crippen molar-refractivity contribution < 1.29 is 18.9 Å². The summed E-state index contributed by atoms with van der Waals surface area (Å²) in [5.74, 6) is 3.02. The van der Waals surface area contributed by atoms with E-state index in [1.165, 1.54) is 16.7 Å². The smallest absolute Gasteiger partial charge is 0.174 e. The van der Waals surface area contributed by atoms with E-state index in [0.29, 0.717) is 0 Å². The highest BCUT2D eigenvalue weighted by atomic mass is 79.9. The van der Waals surface area contributed by atoms with Crippen molar-refractivity contribution in [1.82, 2.24) is 4.90 Å². The molecule has 1 unspecified atom stereocenters. The van der Waals surface area contributed by atoms with Crippen LogP contribution in [-0.4, -0.2) is 39.9 Å². The molecule has 1 atom stereocenters. The number of ether oxygens (including phenoxy) is 4. The van der Waals surface area contributed by atoms with Crippen LogP contribution in [0.2, 0.25) is 0 Å². The third kappa shape index (κ3) is 3.87. The van der Waals surface area contributed by atoms with Crippen LogP contribution in [0, 0.1) is 0 Å². The molecule has 2 aromatic rings. The second kappa shape index (κ2) is 8.40. The second-order valence-corrected chi connectivity index (χ2v) is 7.47. The van der Waals surface area contributed by atoms with E-state index in [9.17, 15) is 0 Å². The van der Waals surface area contributed by atoms with Gasteiger partial charge in [0.1, 0.15) is 0 Å². The van der Waals surface area contributed by atoms with Gasteiger partial charge in [0.15, 0.2) is 23.0 Å². The van der Waals surface area contributed by atoms with Crippen LogP contribution in [-0.2, 0) is 13.0 Å². The van der Waals surface area contributed by atoms with Crippen molar-refractivity contribution in [2.75, 3.05) is 35.0 Å². The number of hydrogen-bond acceptors (Lipinski definition) is 5. The lowest BCUT2D eigenvalue weighted by molar-refractivity contribution is 0.188. The molecule has 0 radical (unpaired) electrons. The van der Waals surface area contributed by atoms with Gasteiger partial charge in [-0.2, -0.15) is 0 Å². The maximum Gasteiger partial charge on any atom is 0.174 e. The van der Waals surface area contributed by atoms with Crippen molar-refractivity contribution in [3.05, 3.63) is 45.4 Å². The van der Waals surface area contributed by atoms with Gasteiger partial charge < -0.3 is 18.9 Å². The van der Waals surface area contributed by atoms with E-state index in [2.05, 4.69) is 46.0 Å². The van der Waals surface area contributed by atoms with Crippen LogP contribution < -0.4 is 18.9 Å². The first-order chi connectivity index (χ1) is 13.0. The molecule has 6 heteroatoms. The second-order valence-electron chi connectivity index (χ2n) is 6.62. The van der Waals surface area contributed by atoms with Crippen LogP contribution in [0.15, 0.2) is 28.7 Å². The fraction of sp³-hybridized carbons (Fsp3) is 0.429. The molecule has 0 saturated carbocycles. The first kappa shape index (κ1) is 19.8. The van der Waals surface area contributed by atoms with Gasteiger partial charge in [-0.05, 0) is 70.2 Å². The molecule has 3 rings (SSSR count). The zero-order chi connectivity index (χ0) is 19.6. The number of hydrogen-bond donors (Lipinski definition) is 0. The lowest BCUT2D eigenvalue weighted by atomic mass is 9.92. The van der Waals surface area contributed by atoms with Crippen LogP contribution in [0.5, 0.6) is 23.0 Å². The number of methoxy groups -OCH3 is 4. The van der Waals surface area contributed by atoms with Gasteiger partial charge in [0.25, 0.3) is 0 Å². The van der Waals surface area contributed by atoms with Gasteiger partial charge in [0.2, 0.25) is 0 Å². The van der Waals surface area contributed by atoms with Crippen molar-refractivity contribution in [2.24, 2.45) is 0 Å². The van der Waals surface area contributed by atoms with Crippen LogP contribution >= 0.6 is 15.9 Å². The molecule has 0 saturated heterocycles. The molecule has 0 amide bonds. The SMILES string of the molecule is COc1cc2c(cc1OC)C(C)N(Cc1cc(Br)c(OC)c(OC)c1)CC2. The van der Waals surface area contributed by atoms with Crippen LogP contribution in [0.1, 0.15) is 29.7 Å². The van der Waals surface area contributed by atoms with Gasteiger partial charge in [0.05, 0.1) is 32.9 Å². The average molecular weight is 436 g/mol. The lowest BCUT2D eigenvalue weighted by Gasteiger charge is -2.36. The maximum atomic E-state index is 5.50. The van der Waals surface area contributed by atoms with E-state index in [-0.39, 0.29) is 6.04 Å². The van der Waals surface area contributed by atoms with Crippen LogP contribution in [0.4, 0.5) is 0 Å². The van der Waals surface area contributed by atoms with Crippen LogP contribution in [0.25, 0.3) is 0 Å². The Morgan fingerprint density at radius 3 is 2.22 bits per heavy atom. The van der Waals surface area contributed by atoms with Gasteiger partial charge in [0, 0.05) is 19.1 Å².